The van der Waals surface area contributed by atoms with Crippen LogP contribution in [0.1, 0.15) is 24.0 Å². The summed E-state index contributed by atoms with van der Waals surface area (Å²) in [4.78, 5) is 9.43. The fraction of sp³-hybridized carbons (Fsp3) is 0.308. The summed E-state index contributed by atoms with van der Waals surface area (Å²) >= 11 is 0. The van der Waals surface area contributed by atoms with E-state index in [1.807, 2.05) is 54.9 Å². The molecule has 1 fully saturated rings. The third kappa shape index (κ3) is 6.88. The van der Waals surface area contributed by atoms with Crippen LogP contribution in [0.5, 0.6) is 5.75 Å². The van der Waals surface area contributed by atoms with Crippen molar-refractivity contribution in [2.24, 2.45) is 0 Å². The summed E-state index contributed by atoms with van der Waals surface area (Å²) in [5, 5.41) is 3.29. The van der Waals surface area contributed by atoms with Crippen LogP contribution in [-0.2, 0) is 20.8 Å². The quantitative estimate of drug-likeness (QED) is 0.179. The normalized spacial score (nSPS) is 18.6. The third-order valence-electron chi connectivity index (χ3n) is 9.34. The zero-order chi connectivity index (χ0) is 33.5. The van der Waals surface area contributed by atoms with Gasteiger partial charge in [-0.2, -0.15) is 0 Å². The maximum Gasteiger partial charge on any atom is 0.197 e. The lowest BCUT2D eigenvalue weighted by atomic mass is 9.83. The Morgan fingerprint density at radius 1 is 0.854 bits per heavy atom. The highest BCUT2D eigenvalue weighted by Crippen LogP contribution is 2.43. The largest absolute Gasteiger partial charge is 0.497 e. The topological polar surface area (TPSA) is 68.3 Å². The monoisotopic (exact) mass is 650 g/mol. The first kappa shape index (κ1) is 33.1. The highest BCUT2D eigenvalue weighted by molar-refractivity contribution is 5.79. The lowest BCUT2D eigenvalue weighted by Gasteiger charge is -2.46. The van der Waals surface area contributed by atoms with Crippen LogP contribution in [-0.4, -0.2) is 69.6 Å². The number of benzene rings is 3. The molecule has 250 valence electrons. The number of halogens is 1. The highest BCUT2D eigenvalue weighted by Gasteiger charge is 2.48. The Morgan fingerprint density at radius 3 is 2.27 bits per heavy atom. The molecule has 0 aliphatic carbocycles. The van der Waals surface area contributed by atoms with E-state index in [0.717, 1.165) is 71.9 Å². The van der Waals surface area contributed by atoms with Crippen molar-refractivity contribution in [3.63, 3.8) is 0 Å². The molecule has 3 heterocycles. The molecule has 48 heavy (non-hydrogen) atoms. The lowest BCUT2D eigenvalue weighted by Crippen LogP contribution is -2.55. The number of methoxy groups -OCH3 is 4. The number of hydrogen-bond donors (Lipinski definition) is 1. The molecule has 3 aromatic carbocycles. The molecule has 9 heteroatoms. The van der Waals surface area contributed by atoms with Gasteiger partial charge in [0.25, 0.3) is 0 Å². The molecule has 1 atom stereocenters. The summed E-state index contributed by atoms with van der Waals surface area (Å²) in [5.41, 5.74) is 4.65. The van der Waals surface area contributed by atoms with Gasteiger partial charge in [0, 0.05) is 56.4 Å². The molecule has 0 radical (unpaired) electrons. The molecule has 0 bridgehead atoms. The van der Waals surface area contributed by atoms with Gasteiger partial charge in [0.2, 0.25) is 0 Å². The van der Waals surface area contributed by atoms with Crippen molar-refractivity contribution in [1.82, 2.24) is 15.2 Å². The molecule has 0 amide bonds. The van der Waals surface area contributed by atoms with Gasteiger partial charge in [-0.25, -0.2) is 4.39 Å². The van der Waals surface area contributed by atoms with E-state index in [-0.39, 0.29) is 11.9 Å². The first-order valence-electron chi connectivity index (χ1n) is 16.2. The SMILES string of the molecule is COC1=CNC(OC)=C(c2ccccc2)C1(CN(c1ccc(OC)cc1)C1CCN(Cc2ccnc(-c3cccc(F)c3)c2)CC1)OC. The van der Waals surface area contributed by atoms with Crippen molar-refractivity contribution in [3.8, 4) is 17.0 Å². The zero-order valence-electron chi connectivity index (χ0n) is 28.0. The Labute approximate surface area is 282 Å². The molecular formula is C39H43FN4O4. The third-order valence-corrected chi connectivity index (χ3v) is 9.34. The number of nitrogens with zero attached hydrogens (tertiary/aromatic N) is 3. The number of hydrogen-bond acceptors (Lipinski definition) is 8. The van der Waals surface area contributed by atoms with E-state index in [4.69, 9.17) is 18.9 Å². The van der Waals surface area contributed by atoms with Gasteiger partial charge in [-0.1, -0.05) is 42.5 Å². The Bertz CT molecular complexity index is 1740. The van der Waals surface area contributed by atoms with Gasteiger partial charge >= 0.3 is 0 Å². The van der Waals surface area contributed by atoms with Gasteiger partial charge < -0.3 is 29.2 Å². The van der Waals surface area contributed by atoms with Crippen LogP contribution in [0.25, 0.3) is 16.8 Å². The molecule has 1 saturated heterocycles. The number of ether oxygens (including phenoxy) is 4. The molecule has 0 spiro atoms. The molecule has 1 aromatic heterocycles. The molecule has 6 rings (SSSR count). The number of anilines is 1. The Balaban J connectivity index is 1.28. The van der Waals surface area contributed by atoms with E-state index < -0.39 is 5.60 Å². The van der Waals surface area contributed by atoms with E-state index in [9.17, 15) is 4.39 Å². The summed E-state index contributed by atoms with van der Waals surface area (Å²) in [6, 6.07) is 29.3. The first-order chi connectivity index (χ1) is 23.5. The molecule has 2 aliphatic heterocycles. The number of nitrogens with one attached hydrogen (secondary N) is 1. The number of likely N-dealkylation sites (tertiary alicyclic amines) is 1. The second kappa shape index (κ2) is 14.9. The molecule has 1 unspecified atom stereocenters. The second-order valence-corrected chi connectivity index (χ2v) is 12.1. The minimum atomic E-state index is -0.978. The molecule has 4 aromatic rings. The van der Waals surface area contributed by atoms with Crippen molar-refractivity contribution < 1.29 is 23.3 Å². The fourth-order valence-corrected chi connectivity index (χ4v) is 6.87. The second-order valence-electron chi connectivity index (χ2n) is 12.1. The fourth-order valence-electron chi connectivity index (χ4n) is 6.87. The number of dihydropyridines is 1. The van der Waals surface area contributed by atoms with Crippen molar-refractivity contribution in [2.75, 3.05) is 53.0 Å². The number of pyridine rings is 1. The van der Waals surface area contributed by atoms with E-state index in [0.29, 0.717) is 18.2 Å². The maximum atomic E-state index is 13.9. The Morgan fingerprint density at radius 2 is 1.60 bits per heavy atom. The molecular weight excluding hydrogens is 607 g/mol. The molecule has 1 N–H and O–H groups in total. The lowest BCUT2D eigenvalue weighted by molar-refractivity contribution is 0.0222. The molecule has 8 nitrogen and oxygen atoms in total. The summed E-state index contributed by atoms with van der Waals surface area (Å²) in [7, 11) is 6.76. The predicted molar refractivity (Wildman–Crippen MR) is 187 cm³/mol. The minimum Gasteiger partial charge on any atom is -0.497 e. The number of aromatic nitrogens is 1. The summed E-state index contributed by atoms with van der Waals surface area (Å²) in [6.07, 6.45) is 5.53. The van der Waals surface area contributed by atoms with Gasteiger partial charge in [0.1, 0.15) is 11.6 Å². The highest BCUT2D eigenvalue weighted by atomic mass is 19.1. The van der Waals surface area contributed by atoms with Gasteiger partial charge in [0.15, 0.2) is 17.2 Å². The zero-order valence-corrected chi connectivity index (χ0v) is 28.0. The van der Waals surface area contributed by atoms with Crippen molar-refractivity contribution >= 4 is 11.3 Å². The van der Waals surface area contributed by atoms with E-state index in [1.165, 1.54) is 12.1 Å². The van der Waals surface area contributed by atoms with Crippen molar-refractivity contribution in [3.05, 3.63) is 132 Å². The van der Waals surface area contributed by atoms with Crippen molar-refractivity contribution in [2.45, 2.75) is 31.0 Å². The van der Waals surface area contributed by atoms with Crippen molar-refractivity contribution in [1.29, 1.82) is 0 Å². The molecule has 0 saturated carbocycles. The van der Waals surface area contributed by atoms with Crippen LogP contribution in [0.2, 0.25) is 0 Å². The van der Waals surface area contributed by atoms with Gasteiger partial charge in [-0.05, 0) is 72.5 Å². The number of rotatable bonds is 12. The minimum absolute atomic E-state index is 0.220. The standard InChI is InChI=1S/C39H43FN4O4/c1-45-34-15-13-32(14-16-34)44(27-39(48-4)36(46-2)25-42-38(47-3)37(39)29-9-6-5-7-10-29)33-18-21-43(22-19-33)26-28-17-20-41-35(23-28)30-11-8-12-31(40)24-30/h5-17,20,23-25,33,42H,18-19,21-22,26-27H2,1-4H3. The van der Waals surface area contributed by atoms with Crippen LogP contribution in [0.3, 0.4) is 0 Å². The smallest absolute Gasteiger partial charge is 0.197 e. The van der Waals surface area contributed by atoms with Crippen LogP contribution >= 0.6 is 0 Å². The van der Waals surface area contributed by atoms with E-state index in [1.54, 1.807) is 34.5 Å². The average Bonchev–Trinajstić information content (AvgIpc) is 3.14. The summed E-state index contributed by atoms with van der Waals surface area (Å²) in [6.45, 7) is 3.10. The average molecular weight is 651 g/mol. The maximum absolute atomic E-state index is 13.9. The van der Waals surface area contributed by atoms with Crippen LogP contribution in [0.4, 0.5) is 10.1 Å². The molecule has 2 aliphatic rings. The first-order valence-corrected chi connectivity index (χ1v) is 16.2. The van der Waals surface area contributed by atoms with Gasteiger partial charge in [-0.3, -0.25) is 9.88 Å². The predicted octanol–water partition coefficient (Wildman–Crippen LogP) is 6.86. The number of piperidine rings is 1. The van der Waals surface area contributed by atoms with E-state index >= 15 is 0 Å². The van der Waals surface area contributed by atoms with Gasteiger partial charge in [-0.15, -0.1) is 0 Å². The summed E-state index contributed by atoms with van der Waals surface area (Å²) < 4.78 is 37.9. The van der Waals surface area contributed by atoms with E-state index in [2.05, 4.69) is 50.4 Å². The van der Waals surface area contributed by atoms with Crippen LogP contribution < -0.4 is 15.0 Å². The van der Waals surface area contributed by atoms with Gasteiger partial charge in [0.05, 0.1) is 39.1 Å². The Kier molecular flexibility index (Phi) is 10.3. The summed E-state index contributed by atoms with van der Waals surface area (Å²) in [5.74, 6) is 1.81. The van der Waals surface area contributed by atoms with Crippen LogP contribution in [0.15, 0.2) is 115 Å². The van der Waals surface area contributed by atoms with Crippen LogP contribution in [0, 0.1) is 5.82 Å². The Hall–Kier alpha value is -4.86.